The first-order valence-electron chi connectivity index (χ1n) is 9.37. The van der Waals surface area contributed by atoms with Gasteiger partial charge in [0, 0.05) is 23.9 Å². The van der Waals surface area contributed by atoms with Crippen LogP contribution in [-0.4, -0.2) is 18.2 Å². The second kappa shape index (κ2) is 10.0. The van der Waals surface area contributed by atoms with Crippen molar-refractivity contribution in [3.05, 3.63) is 106 Å². The zero-order valence-electron chi connectivity index (χ0n) is 16.7. The number of non-ortho nitro benzene ring substituents is 1. The molecule has 30 heavy (non-hydrogen) atoms. The van der Waals surface area contributed by atoms with E-state index in [1.165, 1.54) is 12.1 Å². The molecule has 0 bridgehead atoms. The lowest BCUT2D eigenvalue weighted by Crippen LogP contribution is -2.02. The lowest BCUT2D eigenvalue weighted by molar-refractivity contribution is -0.384. The molecule has 0 aliphatic rings. The zero-order chi connectivity index (χ0) is 21.3. The fraction of sp³-hybridized carbons (Fsp3) is 0.125. The summed E-state index contributed by atoms with van der Waals surface area (Å²) in [4.78, 5) is 14.7. The third-order valence-electron chi connectivity index (χ3n) is 4.39. The van der Waals surface area contributed by atoms with Gasteiger partial charge >= 0.3 is 0 Å². The van der Waals surface area contributed by atoms with E-state index in [4.69, 9.17) is 9.47 Å². The van der Waals surface area contributed by atoms with Gasteiger partial charge in [0.2, 0.25) is 0 Å². The number of allylic oxidation sites excluding steroid dienone is 1. The summed E-state index contributed by atoms with van der Waals surface area (Å²) in [5, 5.41) is 10.8. The number of hydrogen-bond donors (Lipinski definition) is 0. The number of methoxy groups -OCH3 is 1. The summed E-state index contributed by atoms with van der Waals surface area (Å²) in [6.07, 6.45) is 4.11. The second-order valence-corrected chi connectivity index (χ2v) is 6.51. The molecule has 3 aromatic carbocycles. The summed E-state index contributed by atoms with van der Waals surface area (Å²) in [5.41, 5.74) is 3.48. The molecule has 6 heteroatoms. The molecule has 0 aliphatic heterocycles. The van der Waals surface area contributed by atoms with E-state index in [9.17, 15) is 10.1 Å². The van der Waals surface area contributed by atoms with E-state index in [-0.39, 0.29) is 5.69 Å². The minimum atomic E-state index is -0.436. The highest BCUT2D eigenvalue weighted by Crippen LogP contribution is 2.34. The topological polar surface area (TPSA) is 74.0 Å². The van der Waals surface area contributed by atoms with Crippen molar-refractivity contribution >= 4 is 17.6 Å². The average Bonchev–Trinajstić information content (AvgIpc) is 2.77. The minimum Gasteiger partial charge on any atom is -0.493 e. The Morgan fingerprint density at radius 2 is 1.83 bits per heavy atom. The maximum absolute atomic E-state index is 10.8. The second-order valence-electron chi connectivity index (χ2n) is 6.51. The van der Waals surface area contributed by atoms with Crippen molar-refractivity contribution in [2.24, 2.45) is 4.99 Å². The molecule has 3 rings (SSSR count). The highest BCUT2D eigenvalue weighted by atomic mass is 16.6. The monoisotopic (exact) mass is 402 g/mol. The summed E-state index contributed by atoms with van der Waals surface area (Å²) < 4.78 is 11.6. The van der Waals surface area contributed by atoms with Crippen LogP contribution < -0.4 is 9.47 Å². The first kappa shape index (κ1) is 20.8. The molecule has 0 atom stereocenters. The van der Waals surface area contributed by atoms with E-state index in [1.54, 1.807) is 31.5 Å². The molecule has 0 heterocycles. The van der Waals surface area contributed by atoms with Crippen molar-refractivity contribution in [3.63, 3.8) is 0 Å². The van der Waals surface area contributed by atoms with Crippen molar-refractivity contribution in [3.8, 4) is 11.5 Å². The first-order chi connectivity index (χ1) is 14.6. The van der Waals surface area contributed by atoms with Gasteiger partial charge in [-0.05, 0) is 41.8 Å². The van der Waals surface area contributed by atoms with Crippen LogP contribution in [0, 0.1) is 10.1 Å². The summed E-state index contributed by atoms with van der Waals surface area (Å²) >= 11 is 0. The fourth-order valence-electron chi connectivity index (χ4n) is 2.92. The lowest BCUT2D eigenvalue weighted by Gasteiger charge is -2.16. The van der Waals surface area contributed by atoms with Gasteiger partial charge in [-0.15, -0.1) is 6.58 Å². The smallest absolute Gasteiger partial charge is 0.269 e. The first-order valence-corrected chi connectivity index (χ1v) is 9.37. The molecule has 0 amide bonds. The Morgan fingerprint density at radius 3 is 2.47 bits per heavy atom. The molecule has 0 unspecified atom stereocenters. The number of nitrogens with zero attached hydrogens (tertiary/aromatic N) is 2. The number of benzene rings is 3. The van der Waals surface area contributed by atoms with Gasteiger partial charge in [-0.25, -0.2) is 0 Å². The van der Waals surface area contributed by atoms with E-state index >= 15 is 0 Å². The number of nitro benzene ring substituents is 1. The van der Waals surface area contributed by atoms with Crippen LogP contribution in [0.2, 0.25) is 0 Å². The van der Waals surface area contributed by atoms with Crippen LogP contribution in [0.15, 0.2) is 84.4 Å². The van der Waals surface area contributed by atoms with Crippen molar-refractivity contribution in [2.75, 3.05) is 7.11 Å². The number of nitro groups is 1. The summed E-state index contributed by atoms with van der Waals surface area (Å²) in [7, 11) is 1.60. The van der Waals surface area contributed by atoms with Gasteiger partial charge in [-0.3, -0.25) is 15.1 Å². The molecule has 0 saturated heterocycles. The fourth-order valence-corrected chi connectivity index (χ4v) is 2.92. The van der Waals surface area contributed by atoms with Gasteiger partial charge in [0.1, 0.15) is 6.61 Å². The molecule has 0 N–H and O–H groups in total. The summed E-state index contributed by atoms with van der Waals surface area (Å²) in [5.74, 6) is 1.28. The van der Waals surface area contributed by atoms with Crippen molar-refractivity contribution in [1.82, 2.24) is 0 Å². The SMILES string of the molecule is C=CCc1cc(C=Nc2ccc([N+](=O)[O-])cc2)cc(OC)c1OCc1ccccc1. The number of ether oxygens (including phenoxy) is 2. The average molecular weight is 402 g/mol. The summed E-state index contributed by atoms with van der Waals surface area (Å²) in [6.45, 7) is 4.26. The van der Waals surface area contributed by atoms with Crippen molar-refractivity contribution < 1.29 is 14.4 Å². The Balaban J connectivity index is 1.85. The van der Waals surface area contributed by atoms with Crippen molar-refractivity contribution in [1.29, 1.82) is 0 Å². The predicted molar refractivity (Wildman–Crippen MR) is 118 cm³/mol. The molecule has 0 aliphatic carbocycles. The predicted octanol–water partition coefficient (Wildman–Crippen LogP) is 5.66. The zero-order valence-corrected chi connectivity index (χ0v) is 16.7. The highest BCUT2D eigenvalue weighted by molar-refractivity contribution is 5.84. The normalized spacial score (nSPS) is 10.7. The van der Waals surface area contributed by atoms with E-state index in [0.717, 1.165) is 16.7 Å². The summed E-state index contributed by atoms with van der Waals surface area (Å²) in [6, 6.07) is 19.8. The standard InChI is InChI=1S/C24H22N2O4/c1-3-7-20-14-19(16-25-21-10-12-22(13-11-21)26(27)28)15-23(29-2)24(20)30-17-18-8-5-4-6-9-18/h3-6,8-16H,1,7,17H2,2H3. The lowest BCUT2D eigenvalue weighted by atomic mass is 10.1. The third-order valence-corrected chi connectivity index (χ3v) is 4.39. The van der Waals surface area contributed by atoms with Gasteiger partial charge in [0.05, 0.1) is 17.7 Å². The van der Waals surface area contributed by atoms with E-state index in [2.05, 4.69) is 11.6 Å². The maximum Gasteiger partial charge on any atom is 0.269 e. The molecular weight excluding hydrogens is 380 g/mol. The minimum absolute atomic E-state index is 0.0313. The van der Waals surface area contributed by atoms with Crippen LogP contribution in [0.3, 0.4) is 0 Å². The van der Waals surface area contributed by atoms with Gasteiger partial charge in [-0.1, -0.05) is 36.4 Å². The van der Waals surface area contributed by atoms with Crippen molar-refractivity contribution in [2.45, 2.75) is 13.0 Å². The third kappa shape index (κ3) is 5.32. The highest BCUT2D eigenvalue weighted by Gasteiger charge is 2.13. The van der Waals surface area contributed by atoms with Crippen LogP contribution in [0.5, 0.6) is 11.5 Å². The number of aliphatic imine (C=N–C) groups is 1. The molecule has 0 radical (unpaired) electrons. The molecule has 0 aromatic heterocycles. The quantitative estimate of drug-likeness (QED) is 0.200. The van der Waals surface area contributed by atoms with Crippen LogP contribution in [0.1, 0.15) is 16.7 Å². The van der Waals surface area contributed by atoms with Gasteiger partial charge in [-0.2, -0.15) is 0 Å². The number of hydrogen-bond acceptors (Lipinski definition) is 5. The van der Waals surface area contributed by atoms with E-state index in [0.29, 0.717) is 30.2 Å². The van der Waals surface area contributed by atoms with Gasteiger partial charge in [0.15, 0.2) is 11.5 Å². The van der Waals surface area contributed by atoms with Crippen LogP contribution in [-0.2, 0) is 13.0 Å². The van der Waals surface area contributed by atoms with E-state index < -0.39 is 4.92 Å². The van der Waals surface area contributed by atoms with E-state index in [1.807, 2.05) is 42.5 Å². The molecule has 152 valence electrons. The molecule has 3 aromatic rings. The van der Waals surface area contributed by atoms with Crippen LogP contribution >= 0.6 is 0 Å². The van der Waals surface area contributed by atoms with Gasteiger partial charge in [0.25, 0.3) is 5.69 Å². The Hall–Kier alpha value is -3.93. The molecular formula is C24H22N2O4. The largest absolute Gasteiger partial charge is 0.493 e. The Kier molecular flexibility index (Phi) is 6.95. The molecule has 0 fully saturated rings. The Bertz CT molecular complexity index is 1040. The van der Waals surface area contributed by atoms with Gasteiger partial charge < -0.3 is 9.47 Å². The maximum atomic E-state index is 10.8. The molecule has 0 spiro atoms. The number of rotatable bonds is 9. The van der Waals surface area contributed by atoms with Crippen LogP contribution in [0.25, 0.3) is 0 Å². The van der Waals surface area contributed by atoms with Crippen LogP contribution in [0.4, 0.5) is 11.4 Å². The Morgan fingerprint density at radius 1 is 1.10 bits per heavy atom. The molecule has 0 saturated carbocycles. The molecule has 6 nitrogen and oxygen atoms in total. The Labute approximate surface area is 175 Å².